The number of anilines is 1. The van der Waals surface area contributed by atoms with E-state index in [-0.39, 0.29) is 6.61 Å². The minimum Gasteiger partial charge on any atom is -0.484 e. The second-order valence-corrected chi connectivity index (χ2v) is 6.63. The molecule has 0 fully saturated rings. The quantitative estimate of drug-likeness (QED) is 0.510. The van der Waals surface area contributed by atoms with Crippen molar-refractivity contribution in [1.82, 2.24) is 15.2 Å². The molecular weight excluding hydrogens is 402 g/mol. The average Bonchev–Trinajstić information content (AvgIpc) is 3.41. The van der Waals surface area contributed by atoms with Gasteiger partial charge in [0, 0.05) is 16.5 Å². The van der Waals surface area contributed by atoms with E-state index in [1.54, 1.807) is 29.6 Å². The summed E-state index contributed by atoms with van der Waals surface area (Å²) in [6.45, 7) is -0.222. The topological polar surface area (TPSA) is 90.1 Å². The number of carbonyl (C=O) groups excluding carboxylic acids is 1. The number of thiazole rings is 1. The summed E-state index contributed by atoms with van der Waals surface area (Å²) in [7, 11) is 0. The Kier molecular flexibility index (Phi) is 5.25. The SMILES string of the molecule is O=C(COc1ccc(-c2nnco2)cc1)Nc1nc(-c2ccc(F)c(F)c2)cs1. The van der Waals surface area contributed by atoms with E-state index in [9.17, 15) is 13.6 Å². The van der Waals surface area contributed by atoms with Gasteiger partial charge in [-0.05, 0) is 42.5 Å². The monoisotopic (exact) mass is 414 g/mol. The Hall–Kier alpha value is -3.66. The summed E-state index contributed by atoms with van der Waals surface area (Å²) in [4.78, 5) is 16.3. The second kappa shape index (κ2) is 8.15. The molecule has 2 heterocycles. The molecule has 4 aromatic rings. The van der Waals surface area contributed by atoms with Crippen molar-refractivity contribution in [3.63, 3.8) is 0 Å². The Morgan fingerprint density at radius 3 is 2.62 bits per heavy atom. The standard InChI is InChI=1S/C19H12F2N4O3S/c20-14-6-3-12(7-15(14)21)16-9-29-19(23-16)24-17(26)8-27-13-4-1-11(2-5-13)18-25-22-10-28-18/h1-7,9-10H,8H2,(H,23,24,26). The van der Waals surface area contributed by atoms with Crippen molar-refractivity contribution in [2.45, 2.75) is 0 Å². The number of hydrogen-bond donors (Lipinski definition) is 1. The number of ether oxygens (including phenoxy) is 1. The van der Waals surface area contributed by atoms with E-state index in [0.29, 0.717) is 28.0 Å². The van der Waals surface area contributed by atoms with Crippen LogP contribution in [0.4, 0.5) is 13.9 Å². The van der Waals surface area contributed by atoms with E-state index in [0.717, 1.165) is 17.7 Å². The smallest absolute Gasteiger partial charge is 0.264 e. The van der Waals surface area contributed by atoms with Crippen LogP contribution in [0.5, 0.6) is 5.75 Å². The zero-order chi connectivity index (χ0) is 20.2. The van der Waals surface area contributed by atoms with Crippen LogP contribution in [-0.4, -0.2) is 27.7 Å². The van der Waals surface area contributed by atoms with E-state index in [4.69, 9.17) is 9.15 Å². The van der Waals surface area contributed by atoms with E-state index in [1.807, 2.05) is 0 Å². The summed E-state index contributed by atoms with van der Waals surface area (Å²) in [5.41, 5.74) is 1.58. The first-order valence-electron chi connectivity index (χ1n) is 8.29. The number of rotatable bonds is 6. The minimum absolute atomic E-state index is 0.222. The number of carbonyl (C=O) groups is 1. The largest absolute Gasteiger partial charge is 0.484 e. The Morgan fingerprint density at radius 1 is 1.10 bits per heavy atom. The summed E-state index contributed by atoms with van der Waals surface area (Å²) in [6.07, 6.45) is 1.24. The highest BCUT2D eigenvalue weighted by molar-refractivity contribution is 7.14. The van der Waals surface area contributed by atoms with Crippen LogP contribution in [-0.2, 0) is 4.79 Å². The fraction of sp³-hybridized carbons (Fsp3) is 0.0526. The Labute approximate surface area is 167 Å². The minimum atomic E-state index is -0.959. The van der Waals surface area contributed by atoms with Crippen LogP contribution in [0.2, 0.25) is 0 Å². The van der Waals surface area contributed by atoms with Crippen molar-refractivity contribution < 1.29 is 22.7 Å². The van der Waals surface area contributed by atoms with Gasteiger partial charge >= 0.3 is 0 Å². The van der Waals surface area contributed by atoms with Gasteiger partial charge < -0.3 is 9.15 Å². The molecule has 0 saturated heterocycles. The van der Waals surface area contributed by atoms with Crippen molar-refractivity contribution in [3.8, 4) is 28.5 Å². The molecular formula is C19H12F2N4O3S. The van der Waals surface area contributed by atoms with Crippen LogP contribution in [0.3, 0.4) is 0 Å². The van der Waals surface area contributed by atoms with Gasteiger partial charge in [-0.15, -0.1) is 21.5 Å². The lowest BCUT2D eigenvalue weighted by Gasteiger charge is -2.06. The van der Waals surface area contributed by atoms with E-state index < -0.39 is 17.5 Å². The van der Waals surface area contributed by atoms with Crippen molar-refractivity contribution in [1.29, 1.82) is 0 Å². The Balaban J connectivity index is 1.33. The Bertz CT molecular complexity index is 1130. The van der Waals surface area contributed by atoms with Gasteiger partial charge in [0.2, 0.25) is 12.3 Å². The molecule has 4 rings (SSSR count). The summed E-state index contributed by atoms with van der Waals surface area (Å²) >= 11 is 1.17. The highest BCUT2D eigenvalue weighted by Gasteiger charge is 2.11. The molecule has 0 bridgehead atoms. The average molecular weight is 414 g/mol. The molecule has 1 amide bonds. The molecule has 146 valence electrons. The maximum Gasteiger partial charge on any atom is 0.264 e. The van der Waals surface area contributed by atoms with E-state index >= 15 is 0 Å². The molecule has 0 aliphatic carbocycles. The summed E-state index contributed by atoms with van der Waals surface area (Å²) < 4.78 is 36.9. The third kappa shape index (κ3) is 4.43. The zero-order valence-electron chi connectivity index (χ0n) is 14.6. The fourth-order valence-electron chi connectivity index (χ4n) is 2.42. The Morgan fingerprint density at radius 2 is 1.90 bits per heavy atom. The number of benzene rings is 2. The number of halogens is 2. The lowest BCUT2D eigenvalue weighted by atomic mass is 10.2. The van der Waals surface area contributed by atoms with Crippen molar-refractivity contribution in [2.24, 2.45) is 0 Å². The maximum atomic E-state index is 13.4. The molecule has 0 radical (unpaired) electrons. The van der Waals surface area contributed by atoms with Crippen molar-refractivity contribution >= 4 is 22.4 Å². The van der Waals surface area contributed by atoms with Crippen LogP contribution in [0, 0.1) is 11.6 Å². The number of nitrogens with one attached hydrogen (secondary N) is 1. The van der Waals surface area contributed by atoms with Crippen LogP contribution in [0.25, 0.3) is 22.7 Å². The molecule has 0 aliphatic heterocycles. The van der Waals surface area contributed by atoms with Gasteiger partial charge in [-0.2, -0.15) is 0 Å². The third-order valence-corrected chi connectivity index (χ3v) is 4.55. The molecule has 0 saturated carbocycles. The first-order valence-corrected chi connectivity index (χ1v) is 9.16. The lowest BCUT2D eigenvalue weighted by molar-refractivity contribution is -0.118. The predicted molar refractivity (Wildman–Crippen MR) is 101 cm³/mol. The van der Waals surface area contributed by atoms with E-state index in [1.165, 1.54) is 23.8 Å². The van der Waals surface area contributed by atoms with Gasteiger partial charge in [-0.1, -0.05) is 0 Å². The molecule has 10 heteroatoms. The van der Waals surface area contributed by atoms with Gasteiger partial charge in [0.1, 0.15) is 5.75 Å². The molecule has 1 N–H and O–H groups in total. The molecule has 0 aliphatic rings. The first kappa shape index (κ1) is 18.7. The van der Waals surface area contributed by atoms with Gasteiger partial charge in [0.15, 0.2) is 23.4 Å². The third-order valence-electron chi connectivity index (χ3n) is 3.80. The number of aromatic nitrogens is 3. The molecule has 0 atom stereocenters. The highest BCUT2D eigenvalue weighted by Crippen LogP contribution is 2.26. The van der Waals surface area contributed by atoms with Gasteiger partial charge in [-0.25, -0.2) is 13.8 Å². The van der Waals surface area contributed by atoms with E-state index in [2.05, 4.69) is 20.5 Å². The molecule has 0 spiro atoms. The predicted octanol–water partition coefficient (Wildman–Crippen LogP) is 4.16. The zero-order valence-corrected chi connectivity index (χ0v) is 15.5. The lowest BCUT2D eigenvalue weighted by Crippen LogP contribution is -2.20. The molecule has 0 unspecified atom stereocenters. The van der Waals surface area contributed by atoms with Gasteiger partial charge in [0.05, 0.1) is 5.69 Å². The van der Waals surface area contributed by atoms with Crippen molar-refractivity contribution in [2.75, 3.05) is 11.9 Å². The number of hydrogen-bond acceptors (Lipinski definition) is 7. The summed E-state index contributed by atoms with van der Waals surface area (Å²) in [6, 6.07) is 10.3. The van der Waals surface area contributed by atoms with Crippen LogP contribution in [0.1, 0.15) is 0 Å². The first-order chi connectivity index (χ1) is 14.1. The molecule has 2 aromatic carbocycles. The molecule has 2 aromatic heterocycles. The van der Waals surface area contributed by atoms with Crippen molar-refractivity contribution in [3.05, 3.63) is 65.9 Å². The van der Waals surface area contributed by atoms with Crippen LogP contribution in [0.15, 0.2) is 58.7 Å². The number of nitrogens with zero attached hydrogens (tertiary/aromatic N) is 3. The maximum absolute atomic E-state index is 13.4. The highest BCUT2D eigenvalue weighted by atomic mass is 32.1. The number of amides is 1. The fourth-order valence-corrected chi connectivity index (χ4v) is 3.15. The van der Waals surface area contributed by atoms with Gasteiger partial charge in [0.25, 0.3) is 5.91 Å². The normalized spacial score (nSPS) is 10.7. The van der Waals surface area contributed by atoms with Crippen LogP contribution >= 0.6 is 11.3 Å². The van der Waals surface area contributed by atoms with Gasteiger partial charge in [-0.3, -0.25) is 10.1 Å². The molecule has 7 nitrogen and oxygen atoms in total. The summed E-state index contributed by atoms with van der Waals surface area (Å²) in [5.74, 6) is -1.42. The summed E-state index contributed by atoms with van der Waals surface area (Å²) in [5, 5.41) is 12.0. The second-order valence-electron chi connectivity index (χ2n) is 5.77. The van der Waals surface area contributed by atoms with Crippen LogP contribution < -0.4 is 10.1 Å². The molecule has 29 heavy (non-hydrogen) atoms.